The van der Waals surface area contributed by atoms with Crippen LogP contribution in [0, 0.1) is 0 Å². The highest BCUT2D eigenvalue weighted by atomic mass is 16.4. The molecule has 3 N–H and O–H groups in total. The number of aliphatic hydroxyl groups excluding tert-OH is 1. The standard InChI is InChI=1S/C17H22N4O3/c18-16-15(19-7-8-20-16)17(23)21-9-3-1-2-5-12(21)11-13(22)14-6-4-10-24-14/h4,6-8,10,12-13,22H,1-3,5,9,11H2,(H2,18,20)/t12-,13-/m1/s1. The number of rotatable bonds is 4. The number of nitrogens with two attached hydrogens (primary N) is 1. The number of anilines is 1. The van der Waals surface area contributed by atoms with Crippen molar-refractivity contribution in [2.45, 2.75) is 44.2 Å². The Kier molecular flexibility index (Phi) is 5.10. The second kappa shape index (κ2) is 7.44. The van der Waals surface area contributed by atoms with E-state index in [9.17, 15) is 9.90 Å². The molecule has 1 saturated heterocycles. The average molecular weight is 330 g/mol. The number of amides is 1. The predicted molar refractivity (Wildman–Crippen MR) is 88.0 cm³/mol. The molecule has 0 spiro atoms. The molecule has 3 rings (SSSR count). The van der Waals surface area contributed by atoms with Crippen LogP contribution in [-0.4, -0.2) is 38.5 Å². The van der Waals surface area contributed by atoms with Crippen LogP contribution in [0.2, 0.25) is 0 Å². The largest absolute Gasteiger partial charge is 0.467 e. The van der Waals surface area contributed by atoms with E-state index in [0.717, 1.165) is 25.7 Å². The Bertz CT molecular complexity index is 674. The molecule has 7 heteroatoms. The number of aliphatic hydroxyl groups is 1. The molecule has 1 aliphatic heterocycles. The Morgan fingerprint density at radius 1 is 1.38 bits per heavy atom. The van der Waals surface area contributed by atoms with Gasteiger partial charge in [-0.25, -0.2) is 9.97 Å². The maximum absolute atomic E-state index is 12.9. The molecule has 7 nitrogen and oxygen atoms in total. The van der Waals surface area contributed by atoms with Crippen molar-refractivity contribution in [3.8, 4) is 0 Å². The summed E-state index contributed by atoms with van der Waals surface area (Å²) >= 11 is 0. The molecule has 24 heavy (non-hydrogen) atoms. The Morgan fingerprint density at radius 3 is 2.96 bits per heavy atom. The molecule has 1 aliphatic rings. The lowest BCUT2D eigenvalue weighted by molar-refractivity contribution is 0.0553. The van der Waals surface area contributed by atoms with Crippen LogP contribution in [0.1, 0.15) is 54.5 Å². The van der Waals surface area contributed by atoms with Crippen LogP contribution >= 0.6 is 0 Å². The number of hydrogen-bond acceptors (Lipinski definition) is 6. The van der Waals surface area contributed by atoms with Crippen LogP contribution in [0.4, 0.5) is 5.82 Å². The van der Waals surface area contributed by atoms with Crippen LogP contribution in [-0.2, 0) is 0 Å². The lowest BCUT2D eigenvalue weighted by Crippen LogP contribution is -2.41. The van der Waals surface area contributed by atoms with Crippen molar-refractivity contribution >= 4 is 11.7 Å². The van der Waals surface area contributed by atoms with Gasteiger partial charge in [-0.15, -0.1) is 0 Å². The molecular formula is C17H22N4O3. The van der Waals surface area contributed by atoms with Gasteiger partial charge in [0.15, 0.2) is 11.5 Å². The Morgan fingerprint density at radius 2 is 2.21 bits per heavy atom. The first-order valence-electron chi connectivity index (χ1n) is 8.25. The smallest absolute Gasteiger partial charge is 0.276 e. The van der Waals surface area contributed by atoms with Gasteiger partial charge in [0.25, 0.3) is 5.91 Å². The summed E-state index contributed by atoms with van der Waals surface area (Å²) in [7, 11) is 0. The molecule has 0 saturated carbocycles. The quantitative estimate of drug-likeness (QED) is 0.890. The third kappa shape index (κ3) is 3.56. The van der Waals surface area contributed by atoms with E-state index in [2.05, 4.69) is 9.97 Å². The summed E-state index contributed by atoms with van der Waals surface area (Å²) in [4.78, 5) is 22.7. The zero-order valence-electron chi connectivity index (χ0n) is 13.5. The van der Waals surface area contributed by atoms with Crippen molar-refractivity contribution in [1.82, 2.24) is 14.9 Å². The molecular weight excluding hydrogens is 308 g/mol. The first kappa shape index (κ1) is 16.4. The van der Waals surface area contributed by atoms with Gasteiger partial charge in [-0.05, 0) is 25.0 Å². The van der Waals surface area contributed by atoms with Gasteiger partial charge in [0, 0.05) is 31.4 Å². The fraction of sp³-hybridized carbons (Fsp3) is 0.471. The number of nitrogen functional groups attached to an aromatic ring is 1. The zero-order valence-corrected chi connectivity index (χ0v) is 13.5. The fourth-order valence-corrected chi connectivity index (χ4v) is 3.19. The first-order chi connectivity index (χ1) is 11.7. The summed E-state index contributed by atoms with van der Waals surface area (Å²) in [5.74, 6) is 0.432. The molecule has 0 aliphatic carbocycles. The van der Waals surface area contributed by atoms with Crippen LogP contribution in [0.15, 0.2) is 35.2 Å². The summed E-state index contributed by atoms with van der Waals surface area (Å²) in [6, 6.07) is 3.41. The van der Waals surface area contributed by atoms with Crippen molar-refractivity contribution < 1.29 is 14.3 Å². The van der Waals surface area contributed by atoms with Crippen molar-refractivity contribution in [3.05, 3.63) is 42.2 Å². The molecule has 0 unspecified atom stereocenters. The summed E-state index contributed by atoms with van der Waals surface area (Å²) in [6.45, 7) is 0.629. The van der Waals surface area contributed by atoms with Crippen molar-refractivity contribution in [2.24, 2.45) is 0 Å². The third-order valence-electron chi connectivity index (χ3n) is 4.43. The van der Waals surface area contributed by atoms with E-state index in [4.69, 9.17) is 10.2 Å². The Hall–Kier alpha value is -2.41. The third-order valence-corrected chi connectivity index (χ3v) is 4.43. The van der Waals surface area contributed by atoms with Crippen molar-refractivity contribution in [1.29, 1.82) is 0 Å². The monoisotopic (exact) mass is 330 g/mol. The SMILES string of the molecule is Nc1nccnc1C(=O)N1CCCCC[C@@H]1C[C@@H](O)c1ccco1. The fourth-order valence-electron chi connectivity index (χ4n) is 3.19. The van der Waals surface area contributed by atoms with Gasteiger partial charge in [0.2, 0.25) is 0 Å². The van der Waals surface area contributed by atoms with Gasteiger partial charge >= 0.3 is 0 Å². The van der Waals surface area contributed by atoms with Gasteiger partial charge in [-0.2, -0.15) is 0 Å². The summed E-state index contributed by atoms with van der Waals surface area (Å²) in [6.07, 6.45) is 8.01. The minimum atomic E-state index is -0.738. The van der Waals surface area contributed by atoms with E-state index >= 15 is 0 Å². The lowest BCUT2D eigenvalue weighted by atomic mass is 10.0. The van der Waals surface area contributed by atoms with E-state index in [1.165, 1.54) is 18.7 Å². The molecule has 2 aromatic rings. The number of aromatic nitrogens is 2. The van der Waals surface area contributed by atoms with E-state index in [1.54, 1.807) is 17.0 Å². The normalized spacial score (nSPS) is 19.7. The molecule has 0 bridgehead atoms. The molecule has 0 aromatic carbocycles. The topological polar surface area (TPSA) is 105 Å². The second-order valence-electron chi connectivity index (χ2n) is 6.06. The number of furan rings is 1. The highest BCUT2D eigenvalue weighted by Gasteiger charge is 2.30. The highest BCUT2D eigenvalue weighted by Crippen LogP contribution is 2.28. The zero-order chi connectivity index (χ0) is 16.9. The maximum Gasteiger partial charge on any atom is 0.276 e. The van der Waals surface area contributed by atoms with Gasteiger partial charge in [0.1, 0.15) is 11.9 Å². The number of hydrogen-bond donors (Lipinski definition) is 2. The molecule has 3 heterocycles. The van der Waals surface area contributed by atoms with Crippen LogP contribution in [0.25, 0.3) is 0 Å². The molecule has 128 valence electrons. The van der Waals surface area contributed by atoms with Gasteiger partial charge in [-0.1, -0.05) is 12.8 Å². The van der Waals surface area contributed by atoms with Crippen molar-refractivity contribution in [2.75, 3.05) is 12.3 Å². The van der Waals surface area contributed by atoms with Crippen molar-refractivity contribution in [3.63, 3.8) is 0 Å². The first-order valence-corrected chi connectivity index (χ1v) is 8.25. The summed E-state index contributed by atoms with van der Waals surface area (Å²) in [5, 5.41) is 10.4. The molecule has 2 aromatic heterocycles. The maximum atomic E-state index is 12.9. The van der Waals surface area contributed by atoms with Crippen LogP contribution < -0.4 is 5.73 Å². The number of carbonyl (C=O) groups is 1. The van der Waals surface area contributed by atoms with E-state index < -0.39 is 6.10 Å². The van der Waals surface area contributed by atoms with E-state index in [0.29, 0.717) is 18.7 Å². The van der Waals surface area contributed by atoms with Gasteiger partial charge < -0.3 is 20.2 Å². The van der Waals surface area contributed by atoms with Gasteiger partial charge in [-0.3, -0.25) is 4.79 Å². The minimum Gasteiger partial charge on any atom is -0.467 e. The Balaban J connectivity index is 1.80. The average Bonchev–Trinajstić information content (AvgIpc) is 3.03. The predicted octanol–water partition coefficient (Wildman–Crippen LogP) is 2.16. The summed E-state index contributed by atoms with van der Waals surface area (Å²) in [5.41, 5.74) is 5.98. The lowest BCUT2D eigenvalue weighted by Gasteiger charge is -2.31. The van der Waals surface area contributed by atoms with E-state index in [1.807, 2.05) is 0 Å². The molecule has 1 amide bonds. The number of likely N-dealkylation sites (tertiary alicyclic amines) is 1. The molecule has 0 radical (unpaired) electrons. The summed E-state index contributed by atoms with van der Waals surface area (Å²) < 4.78 is 5.27. The molecule has 2 atom stereocenters. The highest BCUT2D eigenvalue weighted by molar-refractivity contribution is 5.96. The van der Waals surface area contributed by atoms with Gasteiger partial charge in [0.05, 0.1) is 6.26 Å². The number of carbonyl (C=O) groups excluding carboxylic acids is 1. The van der Waals surface area contributed by atoms with E-state index in [-0.39, 0.29) is 23.5 Å². The number of nitrogens with zero attached hydrogens (tertiary/aromatic N) is 3. The second-order valence-corrected chi connectivity index (χ2v) is 6.06. The Labute approximate surface area is 140 Å². The van der Waals surface area contributed by atoms with Crippen LogP contribution in [0.5, 0.6) is 0 Å². The minimum absolute atomic E-state index is 0.0819. The van der Waals surface area contributed by atoms with Crippen LogP contribution in [0.3, 0.4) is 0 Å². The molecule has 1 fully saturated rings.